The molecule has 0 fully saturated rings. The van der Waals surface area contributed by atoms with E-state index in [1.54, 1.807) is 23.8 Å². The monoisotopic (exact) mass is 192 g/mol. The molecule has 74 valence electrons. The molecule has 0 bridgehead atoms. The minimum atomic E-state index is 0.0217. The molecule has 0 radical (unpaired) electrons. The van der Waals surface area contributed by atoms with Crippen LogP contribution in [0.4, 0.5) is 0 Å². The standard InChI is InChI=1S/C9H12N4O/c1-8-4-2-6-13(9(8)14)7-3-5-11-12-10/h2,4,6H,3,5,7H2,1H3. The number of pyridine rings is 1. The molecule has 0 atom stereocenters. The SMILES string of the molecule is Cc1cccn(CCCN=[N+]=[N-])c1=O. The fourth-order valence-corrected chi connectivity index (χ4v) is 1.19. The fraction of sp³-hybridized carbons (Fsp3) is 0.444. The van der Waals surface area contributed by atoms with Crippen LogP contribution in [0, 0.1) is 6.92 Å². The zero-order valence-corrected chi connectivity index (χ0v) is 8.05. The largest absolute Gasteiger partial charge is 0.315 e. The highest BCUT2D eigenvalue weighted by atomic mass is 16.1. The zero-order chi connectivity index (χ0) is 10.4. The summed E-state index contributed by atoms with van der Waals surface area (Å²) < 4.78 is 1.63. The highest BCUT2D eigenvalue weighted by molar-refractivity contribution is 5.07. The van der Waals surface area contributed by atoms with E-state index >= 15 is 0 Å². The van der Waals surface area contributed by atoms with Crippen LogP contribution in [0.3, 0.4) is 0 Å². The Morgan fingerprint density at radius 2 is 2.43 bits per heavy atom. The molecule has 14 heavy (non-hydrogen) atoms. The van der Waals surface area contributed by atoms with Crippen molar-refractivity contribution in [2.24, 2.45) is 5.11 Å². The summed E-state index contributed by atoms with van der Waals surface area (Å²) in [7, 11) is 0. The Morgan fingerprint density at radius 3 is 3.14 bits per heavy atom. The lowest BCUT2D eigenvalue weighted by Gasteiger charge is -2.03. The van der Waals surface area contributed by atoms with E-state index in [0.29, 0.717) is 19.5 Å². The van der Waals surface area contributed by atoms with Gasteiger partial charge < -0.3 is 4.57 Å². The number of nitrogens with zero attached hydrogens (tertiary/aromatic N) is 4. The Kier molecular flexibility index (Phi) is 3.76. The van der Waals surface area contributed by atoms with Gasteiger partial charge in [-0.05, 0) is 24.9 Å². The Hall–Kier alpha value is -1.74. The van der Waals surface area contributed by atoms with Crippen molar-refractivity contribution in [1.82, 2.24) is 4.57 Å². The van der Waals surface area contributed by atoms with Gasteiger partial charge in [-0.3, -0.25) is 4.79 Å². The van der Waals surface area contributed by atoms with E-state index in [9.17, 15) is 4.79 Å². The smallest absolute Gasteiger partial charge is 0.253 e. The minimum Gasteiger partial charge on any atom is -0.315 e. The summed E-state index contributed by atoms with van der Waals surface area (Å²) in [6.45, 7) is 2.81. The van der Waals surface area contributed by atoms with Gasteiger partial charge in [-0.1, -0.05) is 11.2 Å². The van der Waals surface area contributed by atoms with Crippen LogP contribution < -0.4 is 5.56 Å². The van der Waals surface area contributed by atoms with Gasteiger partial charge in [-0.15, -0.1) is 0 Å². The zero-order valence-electron chi connectivity index (χ0n) is 8.05. The van der Waals surface area contributed by atoms with Crippen LogP contribution in [0.1, 0.15) is 12.0 Å². The molecular formula is C9H12N4O. The van der Waals surface area contributed by atoms with Crippen molar-refractivity contribution in [3.8, 4) is 0 Å². The van der Waals surface area contributed by atoms with Gasteiger partial charge in [-0.25, -0.2) is 0 Å². The van der Waals surface area contributed by atoms with Crippen LogP contribution in [-0.2, 0) is 6.54 Å². The summed E-state index contributed by atoms with van der Waals surface area (Å²) in [6.07, 6.45) is 2.43. The van der Waals surface area contributed by atoms with Crippen LogP contribution in [0.15, 0.2) is 28.2 Å². The third-order valence-electron chi connectivity index (χ3n) is 1.93. The first-order valence-electron chi connectivity index (χ1n) is 4.42. The molecular weight excluding hydrogens is 180 g/mol. The quantitative estimate of drug-likeness (QED) is 0.310. The second-order valence-electron chi connectivity index (χ2n) is 3.00. The van der Waals surface area contributed by atoms with E-state index in [2.05, 4.69) is 10.0 Å². The molecule has 0 aliphatic rings. The molecule has 0 aromatic carbocycles. The second-order valence-corrected chi connectivity index (χ2v) is 3.00. The Bertz CT molecular complexity index is 404. The van der Waals surface area contributed by atoms with Gasteiger partial charge in [0.15, 0.2) is 0 Å². The van der Waals surface area contributed by atoms with Crippen LogP contribution in [0.25, 0.3) is 10.4 Å². The molecule has 0 saturated carbocycles. The Morgan fingerprint density at radius 1 is 1.64 bits per heavy atom. The highest BCUT2D eigenvalue weighted by Crippen LogP contribution is 1.92. The van der Waals surface area contributed by atoms with Gasteiger partial charge in [-0.2, -0.15) is 0 Å². The van der Waals surface area contributed by atoms with E-state index in [1.165, 1.54) is 0 Å². The first-order valence-corrected chi connectivity index (χ1v) is 4.42. The van der Waals surface area contributed by atoms with Gasteiger partial charge in [0.25, 0.3) is 5.56 Å². The molecule has 0 saturated heterocycles. The molecule has 1 rings (SSSR count). The normalized spacial score (nSPS) is 9.50. The van der Waals surface area contributed by atoms with Gasteiger partial charge in [0, 0.05) is 29.8 Å². The fourth-order valence-electron chi connectivity index (χ4n) is 1.19. The van der Waals surface area contributed by atoms with Crippen molar-refractivity contribution < 1.29 is 0 Å². The Labute approximate surface area is 81.6 Å². The van der Waals surface area contributed by atoms with Crippen molar-refractivity contribution >= 4 is 0 Å². The molecule has 0 amide bonds. The van der Waals surface area contributed by atoms with Crippen LogP contribution >= 0.6 is 0 Å². The van der Waals surface area contributed by atoms with E-state index < -0.39 is 0 Å². The molecule has 5 nitrogen and oxygen atoms in total. The molecule has 0 unspecified atom stereocenters. The van der Waals surface area contributed by atoms with Crippen molar-refractivity contribution in [2.45, 2.75) is 19.9 Å². The number of hydrogen-bond acceptors (Lipinski definition) is 2. The number of hydrogen-bond donors (Lipinski definition) is 0. The average Bonchev–Trinajstić information content (AvgIpc) is 2.19. The van der Waals surface area contributed by atoms with Crippen molar-refractivity contribution in [2.75, 3.05) is 6.54 Å². The van der Waals surface area contributed by atoms with Gasteiger partial charge in [0.05, 0.1) is 0 Å². The van der Waals surface area contributed by atoms with Crippen molar-refractivity contribution in [1.29, 1.82) is 0 Å². The lowest BCUT2D eigenvalue weighted by atomic mass is 10.3. The van der Waals surface area contributed by atoms with E-state index in [4.69, 9.17) is 5.53 Å². The average molecular weight is 192 g/mol. The van der Waals surface area contributed by atoms with Crippen LogP contribution in [0.5, 0.6) is 0 Å². The Balaban J connectivity index is 2.63. The predicted octanol–water partition coefficient (Wildman–Crippen LogP) is 1.86. The molecule has 0 spiro atoms. The maximum absolute atomic E-state index is 11.5. The first-order chi connectivity index (χ1) is 6.75. The van der Waals surface area contributed by atoms with Crippen molar-refractivity contribution in [3.63, 3.8) is 0 Å². The maximum atomic E-state index is 11.5. The summed E-state index contributed by atoms with van der Waals surface area (Å²) in [4.78, 5) is 14.1. The number of azide groups is 1. The molecule has 1 aromatic rings. The second kappa shape index (κ2) is 5.09. The molecule has 5 heteroatoms. The summed E-state index contributed by atoms with van der Waals surface area (Å²) in [5, 5.41) is 3.40. The van der Waals surface area contributed by atoms with Gasteiger partial charge in [0.2, 0.25) is 0 Å². The lowest BCUT2D eigenvalue weighted by molar-refractivity contribution is 0.626. The third-order valence-corrected chi connectivity index (χ3v) is 1.93. The summed E-state index contributed by atoms with van der Waals surface area (Å²) in [5.41, 5.74) is 8.81. The van der Waals surface area contributed by atoms with Crippen LogP contribution in [0.2, 0.25) is 0 Å². The van der Waals surface area contributed by atoms with E-state index in [0.717, 1.165) is 5.56 Å². The first kappa shape index (κ1) is 10.3. The molecule has 1 aromatic heterocycles. The minimum absolute atomic E-state index is 0.0217. The highest BCUT2D eigenvalue weighted by Gasteiger charge is 1.96. The van der Waals surface area contributed by atoms with E-state index in [1.807, 2.05) is 6.07 Å². The molecule has 0 aliphatic heterocycles. The molecule has 0 N–H and O–H groups in total. The predicted molar refractivity (Wildman–Crippen MR) is 54.1 cm³/mol. The van der Waals surface area contributed by atoms with Gasteiger partial charge in [0.1, 0.15) is 0 Å². The summed E-state index contributed by atoms with van der Waals surface area (Å²) >= 11 is 0. The van der Waals surface area contributed by atoms with Crippen LogP contribution in [-0.4, -0.2) is 11.1 Å². The molecule has 0 aliphatic carbocycles. The number of aryl methyl sites for hydroxylation is 2. The third kappa shape index (κ3) is 2.64. The maximum Gasteiger partial charge on any atom is 0.253 e. The molecule has 1 heterocycles. The van der Waals surface area contributed by atoms with Gasteiger partial charge >= 0.3 is 0 Å². The topological polar surface area (TPSA) is 70.8 Å². The summed E-state index contributed by atoms with van der Waals surface area (Å²) in [6, 6.07) is 3.62. The lowest BCUT2D eigenvalue weighted by Crippen LogP contribution is -2.21. The number of rotatable bonds is 4. The number of aromatic nitrogens is 1. The van der Waals surface area contributed by atoms with Crippen molar-refractivity contribution in [3.05, 3.63) is 44.7 Å². The van der Waals surface area contributed by atoms with E-state index in [-0.39, 0.29) is 5.56 Å². The summed E-state index contributed by atoms with van der Waals surface area (Å²) in [5.74, 6) is 0.